The van der Waals surface area contributed by atoms with Gasteiger partial charge in [-0.25, -0.2) is 0 Å². The standard InChI is InChI=1S/C35H50Br4O2Si3/c1-10-14-40-33-29(36)17-24(18-30(33)37)35(2,3)25-19-31(38)34(32(39)20-25)41-15-12-11-13-16-44(8,9)28-22-26(42(4)5)21-27(23-28)43(6)7/h17-23,42-43H,10-16H2,1-9H3. The summed E-state index contributed by atoms with van der Waals surface area (Å²) in [6.07, 6.45) is 4.50. The Morgan fingerprint density at radius 1 is 0.636 bits per heavy atom. The molecule has 2 nitrogen and oxygen atoms in total. The Hall–Kier alpha value is -0.169. The van der Waals surface area contributed by atoms with Crippen LogP contribution in [0, 0.1) is 0 Å². The van der Waals surface area contributed by atoms with E-state index in [-0.39, 0.29) is 5.41 Å². The first kappa shape index (κ1) is 38.3. The van der Waals surface area contributed by atoms with Gasteiger partial charge in [0.05, 0.1) is 56.8 Å². The lowest BCUT2D eigenvalue weighted by Gasteiger charge is -2.28. The maximum absolute atomic E-state index is 6.33. The van der Waals surface area contributed by atoms with Crippen LogP contribution in [0.5, 0.6) is 11.5 Å². The monoisotopic (exact) mass is 902 g/mol. The first-order valence-corrected chi connectivity index (χ1v) is 28.1. The highest BCUT2D eigenvalue weighted by Crippen LogP contribution is 2.44. The Kier molecular flexibility index (Phi) is 14.6. The average Bonchev–Trinajstić information content (AvgIpc) is 2.95. The van der Waals surface area contributed by atoms with Gasteiger partial charge >= 0.3 is 0 Å². The van der Waals surface area contributed by atoms with Crippen LogP contribution < -0.4 is 25.0 Å². The normalized spacial score (nSPS) is 12.3. The molecule has 0 atom stereocenters. The summed E-state index contributed by atoms with van der Waals surface area (Å²) < 4.78 is 16.1. The number of halogens is 4. The molecule has 0 bridgehead atoms. The lowest BCUT2D eigenvalue weighted by molar-refractivity contribution is 0.302. The summed E-state index contributed by atoms with van der Waals surface area (Å²) >= 11 is 15.1. The van der Waals surface area contributed by atoms with E-state index in [4.69, 9.17) is 9.47 Å². The van der Waals surface area contributed by atoms with Crippen molar-refractivity contribution in [3.63, 3.8) is 0 Å². The van der Waals surface area contributed by atoms with Gasteiger partial charge in [0.2, 0.25) is 0 Å². The quantitative estimate of drug-likeness (QED) is 0.112. The highest BCUT2D eigenvalue weighted by molar-refractivity contribution is 9.11. The molecule has 3 rings (SSSR count). The number of rotatable bonds is 15. The highest BCUT2D eigenvalue weighted by atomic mass is 79.9. The molecule has 0 spiro atoms. The third-order valence-corrected chi connectivity index (χ3v) is 17.8. The number of hydrogen-bond donors (Lipinski definition) is 0. The predicted octanol–water partition coefficient (Wildman–Crippen LogP) is 10.4. The third-order valence-electron chi connectivity index (χ3n) is 8.68. The summed E-state index contributed by atoms with van der Waals surface area (Å²) in [4.78, 5) is 0. The minimum absolute atomic E-state index is 0.233. The van der Waals surface area contributed by atoms with Crippen LogP contribution in [0.4, 0.5) is 0 Å². The molecule has 0 N–H and O–H groups in total. The lowest BCUT2D eigenvalue weighted by Crippen LogP contribution is -2.47. The molecule has 0 radical (unpaired) electrons. The Bertz CT molecular complexity index is 1350. The summed E-state index contributed by atoms with van der Waals surface area (Å²) in [7, 11) is -3.08. The minimum atomic E-state index is -1.47. The van der Waals surface area contributed by atoms with Crippen molar-refractivity contribution in [3.8, 4) is 11.5 Å². The highest BCUT2D eigenvalue weighted by Gasteiger charge is 2.28. The molecular formula is C35H50Br4O2Si3. The SMILES string of the molecule is CCCOc1c(Br)cc(C(C)(C)c2cc(Br)c(OCCCCC[Si](C)(C)c3cc([SiH](C)C)cc([SiH](C)C)c3)c(Br)c2)cc1Br. The molecule has 0 unspecified atom stereocenters. The fourth-order valence-electron chi connectivity index (χ4n) is 5.39. The molecule has 0 aliphatic rings. The number of unbranched alkanes of at least 4 members (excludes halogenated alkanes) is 2. The molecule has 242 valence electrons. The van der Waals surface area contributed by atoms with Gasteiger partial charge in [0.1, 0.15) is 11.5 Å². The minimum Gasteiger partial charge on any atom is -0.491 e. The van der Waals surface area contributed by atoms with E-state index in [1.165, 1.54) is 30.0 Å². The van der Waals surface area contributed by atoms with Crippen LogP contribution in [-0.4, -0.2) is 38.9 Å². The Morgan fingerprint density at radius 3 is 1.48 bits per heavy atom. The lowest BCUT2D eigenvalue weighted by atomic mass is 9.78. The van der Waals surface area contributed by atoms with Crippen LogP contribution in [0.2, 0.25) is 45.3 Å². The summed E-state index contributed by atoms with van der Waals surface area (Å²) in [5.41, 5.74) is 2.16. The molecule has 0 amide bonds. The van der Waals surface area contributed by atoms with Crippen molar-refractivity contribution >= 4 is 105 Å². The van der Waals surface area contributed by atoms with Crippen molar-refractivity contribution in [3.05, 3.63) is 71.5 Å². The van der Waals surface area contributed by atoms with Gasteiger partial charge in [-0.2, -0.15) is 0 Å². The first-order valence-electron chi connectivity index (χ1n) is 16.0. The van der Waals surface area contributed by atoms with Crippen LogP contribution in [0.3, 0.4) is 0 Å². The van der Waals surface area contributed by atoms with Crippen LogP contribution in [-0.2, 0) is 5.41 Å². The van der Waals surface area contributed by atoms with E-state index in [0.717, 1.165) is 48.8 Å². The van der Waals surface area contributed by atoms with Crippen molar-refractivity contribution < 1.29 is 9.47 Å². The predicted molar refractivity (Wildman–Crippen MR) is 216 cm³/mol. The molecule has 0 aromatic heterocycles. The van der Waals surface area contributed by atoms with Crippen molar-refractivity contribution in [2.75, 3.05) is 13.2 Å². The van der Waals surface area contributed by atoms with Crippen molar-refractivity contribution in [1.29, 1.82) is 0 Å². The van der Waals surface area contributed by atoms with Gasteiger partial charge in [-0.15, -0.1) is 0 Å². The summed E-state index contributed by atoms with van der Waals surface area (Å²) in [5, 5.41) is 5.00. The summed E-state index contributed by atoms with van der Waals surface area (Å²) in [6, 6.07) is 17.8. The van der Waals surface area contributed by atoms with Crippen molar-refractivity contribution in [2.24, 2.45) is 0 Å². The van der Waals surface area contributed by atoms with E-state index in [2.05, 4.69) is 166 Å². The van der Waals surface area contributed by atoms with Gasteiger partial charge < -0.3 is 9.47 Å². The second kappa shape index (κ2) is 16.8. The van der Waals surface area contributed by atoms with E-state index >= 15 is 0 Å². The molecule has 9 heteroatoms. The fraction of sp³-hybridized carbons (Fsp3) is 0.486. The van der Waals surface area contributed by atoms with E-state index in [1.807, 2.05) is 0 Å². The average molecular weight is 907 g/mol. The zero-order chi connectivity index (χ0) is 32.8. The van der Waals surface area contributed by atoms with Gasteiger partial charge in [0.25, 0.3) is 0 Å². The van der Waals surface area contributed by atoms with E-state index in [0.29, 0.717) is 6.61 Å². The van der Waals surface area contributed by atoms with Crippen LogP contribution in [0.25, 0.3) is 0 Å². The summed E-state index contributed by atoms with van der Waals surface area (Å²) in [5.74, 6) is 1.73. The largest absolute Gasteiger partial charge is 0.491 e. The number of benzene rings is 3. The van der Waals surface area contributed by atoms with Gasteiger partial charge in [-0.3, -0.25) is 0 Å². The molecule has 0 fully saturated rings. The fourth-order valence-corrected chi connectivity index (χ4v) is 13.4. The molecule has 44 heavy (non-hydrogen) atoms. The molecule has 0 aliphatic carbocycles. The van der Waals surface area contributed by atoms with Gasteiger partial charge in [-0.1, -0.05) is 113 Å². The van der Waals surface area contributed by atoms with E-state index in [9.17, 15) is 0 Å². The number of ether oxygens (including phenoxy) is 2. The Balaban J connectivity index is 1.61. The van der Waals surface area contributed by atoms with Crippen LogP contribution in [0.1, 0.15) is 57.6 Å². The van der Waals surface area contributed by atoms with E-state index < -0.39 is 25.7 Å². The maximum atomic E-state index is 6.33. The van der Waals surface area contributed by atoms with Gasteiger partial charge in [-0.05, 0) is 112 Å². The molecule has 3 aromatic rings. The van der Waals surface area contributed by atoms with Crippen LogP contribution >= 0.6 is 63.7 Å². The first-order chi connectivity index (χ1) is 20.6. The van der Waals surface area contributed by atoms with Crippen molar-refractivity contribution in [2.45, 2.75) is 97.2 Å². The molecular weight excluding hydrogens is 856 g/mol. The number of hydrogen-bond acceptors (Lipinski definition) is 2. The molecule has 0 saturated carbocycles. The summed E-state index contributed by atoms with van der Waals surface area (Å²) in [6.45, 7) is 23.0. The zero-order valence-corrected chi connectivity index (χ0v) is 37.6. The van der Waals surface area contributed by atoms with E-state index in [1.54, 1.807) is 15.6 Å². The molecule has 0 heterocycles. The third kappa shape index (κ3) is 9.92. The van der Waals surface area contributed by atoms with Gasteiger partial charge in [0, 0.05) is 5.41 Å². The molecule has 3 aromatic carbocycles. The zero-order valence-electron chi connectivity index (χ0n) is 28.0. The Morgan fingerprint density at radius 2 is 1.07 bits per heavy atom. The maximum Gasteiger partial charge on any atom is 0.147 e. The van der Waals surface area contributed by atoms with Crippen molar-refractivity contribution in [1.82, 2.24) is 0 Å². The van der Waals surface area contributed by atoms with Gasteiger partial charge in [0.15, 0.2) is 0 Å². The topological polar surface area (TPSA) is 18.5 Å². The molecule has 0 aliphatic heterocycles. The van der Waals surface area contributed by atoms with Crippen LogP contribution in [0.15, 0.2) is 60.4 Å². The smallest absolute Gasteiger partial charge is 0.147 e. The molecule has 0 saturated heterocycles. The second-order valence-corrected chi connectivity index (χ2v) is 28.0. The second-order valence-electron chi connectivity index (χ2n) is 13.8. The Labute approximate surface area is 305 Å².